The van der Waals surface area contributed by atoms with Gasteiger partial charge in [0.15, 0.2) is 5.69 Å². The number of amides is 1. The Balaban J connectivity index is 1.92. The molecule has 0 aliphatic carbocycles. The van der Waals surface area contributed by atoms with Crippen LogP contribution in [0.15, 0.2) is 52.9 Å². The zero-order valence-electron chi connectivity index (χ0n) is 15.0. The van der Waals surface area contributed by atoms with E-state index in [1.165, 1.54) is 0 Å². The second kappa shape index (κ2) is 6.93. The number of nitrogens with zero attached hydrogens (tertiary/aromatic N) is 1. The van der Waals surface area contributed by atoms with Gasteiger partial charge >= 0.3 is 0 Å². The molecule has 1 N–H and O–H groups in total. The Morgan fingerprint density at radius 1 is 1.04 bits per heavy atom. The highest BCUT2D eigenvalue weighted by Crippen LogP contribution is 2.28. The first-order chi connectivity index (χ1) is 12.0. The van der Waals surface area contributed by atoms with Crippen LogP contribution >= 0.6 is 0 Å². The van der Waals surface area contributed by atoms with E-state index in [4.69, 9.17) is 4.42 Å². The van der Waals surface area contributed by atoms with Crippen LogP contribution in [0.1, 0.15) is 47.1 Å². The highest BCUT2D eigenvalue weighted by atomic mass is 16.4. The molecule has 0 aliphatic heterocycles. The number of para-hydroxylation sites is 1. The Hall–Kier alpha value is -2.88. The predicted octanol–water partition coefficient (Wildman–Crippen LogP) is 5.33. The number of aromatic nitrogens is 1. The minimum atomic E-state index is -0.250. The molecule has 0 unspecified atom stereocenters. The molecule has 0 spiro atoms. The van der Waals surface area contributed by atoms with Crippen LogP contribution in [0.4, 0.5) is 5.69 Å². The van der Waals surface area contributed by atoms with Crippen LogP contribution in [0, 0.1) is 13.8 Å². The lowest BCUT2D eigenvalue weighted by Gasteiger charge is -2.15. The molecule has 128 valence electrons. The van der Waals surface area contributed by atoms with Crippen molar-refractivity contribution in [2.24, 2.45) is 0 Å². The Morgan fingerprint density at radius 3 is 2.44 bits per heavy atom. The molecule has 0 saturated carbocycles. The first-order valence-electron chi connectivity index (χ1n) is 8.41. The van der Waals surface area contributed by atoms with Gasteiger partial charge in [0, 0.05) is 11.3 Å². The van der Waals surface area contributed by atoms with Crippen LogP contribution in [0.3, 0.4) is 0 Å². The fraction of sp³-hybridized carbons (Fsp3) is 0.238. The molecule has 1 heterocycles. The summed E-state index contributed by atoms with van der Waals surface area (Å²) in [4.78, 5) is 17.2. The molecule has 0 atom stereocenters. The third-order valence-corrected chi connectivity index (χ3v) is 4.20. The van der Waals surface area contributed by atoms with Crippen molar-refractivity contribution in [3.63, 3.8) is 0 Å². The molecule has 2 aromatic carbocycles. The van der Waals surface area contributed by atoms with E-state index in [9.17, 15) is 4.79 Å². The van der Waals surface area contributed by atoms with Crippen LogP contribution in [0.5, 0.6) is 0 Å². The summed E-state index contributed by atoms with van der Waals surface area (Å²) in [6.45, 7) is 7.97. The number of hydrogen-bond acceptors (Lipinski definition) is 3. The molecule has 4 heteroatoms. The largest absolute Gasteiger partial charge is 0.441 e. The fourth-order valence-electron chi connectivity index (χ4n) is 2.83. The third-order valence-electron chi connectivity index (χ3n) is 4.20. The number of benzene rings is 2. The Kier molecular flexibility index (Phi) is 4.70. The summed E-state index contributed by atoms with van der Waals surface area (Å²) < 4.78 is 5.70. The standard InChI is InChI=1S/C21H22N2O2/c1-13(2)17-12-8-9-14(3)18(17)22-20(24)19-15(4)25-21(23-19)16-10-6-5-7-11-16/h5-13H,1-4H3,(H,22,24). The van der Waals surface area contributed by atoms with Crippen LogP contribution < -0.4 is 5.32 Å². The Labute approximate surface area is 147 Å². The first-order valence-corrected chi connectivity index (χ1v) is 8.41. The van der Waals surface area contributed by atoms with Gasteiger partial charge in [0.25, 0.3) is 5.91 Å². The van der Waals surface area contributed by atoms with E-state index < -0.39 is 0 Å². The average molecular weight is 334 g/mol. The van der Waals surface area contributed by atoms with E-state index in [0.29, 0.717) is 23.3 Å². The molecule has 0 saturated heterocycles. The van der Waals surface area contributed by atoms with E-state index in [2.05, 4.69) is 24.1 Å². The average Bonchev–Trinajstić information content (AvgIpc) is 2.99. The van der Waals surface area contributed by atoms with Crippen LogP contribution in [-0.4, -0.2) is 10.9 Å². The van der Waals surface area contributed by atoms with Crippen molar-refractivity contribution in [2.75, 3.05) is 5.32 Å². The smallest absolute Gasteiger partial charge is 0.277 e. The zero-order chi connectivity index (χ0) is 18.0. The van der Waals surface area contributed by atoms with Crippen LogP contribution in [-0.2, 0) is 0 Å². The Morgan fingerprint density at radius 2 is 1.76 bits per heavy atom. The van der Waals surface area contributed by atoms with E-state index in [1.807, 2.05) is 55.5 Å². The predicted molar refractivity (Wildman–Crippen MR) is 99.9 cm³/mol. The lowest BCUT2D eigenvalue weighted by molar-refractivity contribution is 0.102. The second-order valence-corrected chi connectivity index (χ2v) is 6.44. The van der Waals surface area contributed by atoms with Crippen molar-refractivity contribution >= 4 is 11.6 Å². The van der Waals surface area contributed by atoms with E-state index >= 15 is 0 Å². The second-order valence-electron chi connectivity index (χ2n) is 6.44. The van der Waals surface area contributed by atoms with Gasteiger partial charge in [-0.3, -0.25) is 4.79 Å². The molecule has 1 aromatic heterocycles. The van der Waals surface area contributed by atoms with Crippen LogP contribution in [0.25, 0.3) is 11.5 Å². The molecule has 0 radical (unpaired) electrons. The summed E-state index contributed by atoms with van der Waals surface area (Å²) in [5.41, 5.74) is 4.16. The van der Waals surface area contributed by atoms with Crippen molar-refractivity contribution in [1.29, 1.82) is 0 Å². The van der Waals surface area contributed by atoms with Gasteiger partial charge in [-0.05, 0) is 43.0 Å². The molecule has 3 aromatic rings. The number of nitrogens with one attached hydrogen (secondary N) is 1. The van der Waals surface area contributed by atoms with E-state index in [0.717, 1.165) is 22.4 Å². The van der Waals surface area contributed by atoms with Gasteiger partial charge in [0.1, 0.15) is 5.76 Å². The molecule has 0 aliphatic rings. The number of anilines is 1. The number of carbonyl (C=O) groups excluding carboxylic acids is 1. The highest BCUT2D eigenvalue weighted by molar-refractivity contribution is 6.04. The van der Waals surface area contributed by atoms with Crippen LogP contribution in [0.2, 0.25) is 0 Å². The summed E-state index contributed by atoms with van der Waals surface area (Å²) in [7, 11) is 0. The summed E-state index contributed by atoms with van der Waals surface area (Å²) >= 11 is 0. The van der Waals surface area contributed by atoms with E-state index in [-0.39, 0.29) is 5.91 Å². The van der Waals surface area contributed by atoms with Gasteiger partial charge in [-0.1, -0.05) is 50.2 Å². The van der Waals surface area contributed by atoms with Crippen molar-refractivity contribution in [1.82, 2.24) is 4.98 Å². The number of hydrogen-bond donors (Lipinski definition) is 1. The summed E-state index contributed by atoms with van der Waals surface area (Å²) in [5, 5.41) is 3.02. The molecule has 0 bridgehead atoms. The highest BCUT2D eigenvalue weighted by Gasteiger charge is 2.20. The monoisotopic (exact) mass is 334 g/mol. The van der Waals surface area contributed by atoms with Crippen molar-refractivity contribution in [3.8, 4) is 11.5 Å². The summed E-state index contributed by atoms with van der Waals surface area (Å²) in [6.07, 6.45) is 0. The minimum Gasteiger partial charge on any atom is -0.441 e. The number of carbonyl (C=O) groups is 1. The van der Waals surface area contributed by atoms with Gasteiger partial charge < -0.3 is 9.73 Å². The molecule has 0 fully saturated rings. The maximum atomic E-state index is 12.8. The molecule has 3 rings (SSSR count). The molecule has 4 nitrogen and oxygen atoms in total. The van der Waals surface area contributed by atoms with E-state index in [1.54, 1.807) is 6.92 Å². The first kappa shape index (κ1) is 17.0. The maximum absolute atomic E-state index is 12.8. The van der Waals surface area contributed by atoms with Gasteiger partial charge in [0.05, 0.1) is 0 Å². The normalized spacial score (nSPS) is 10.9. The minimum absolute atomic E-state index is 0.250. The molecule has 25 heavy (non-hydrogen) atoms. The quantitative estimate of drug-likeness (QED) is 0.701. The SMILES string of the molecule is Cc1cccc(C(C)C)c1NC(=O)c1nc(-c2ccccc2)oc1C. The maximum Gasteiger partial charge on any atom is 0.277 e. The summed E-state index contributed by atoms with van der Waals surface area (Å²) in [5.74, 6) is 1.03. The number of rotatable bonds is 4. The van der Waals surface area contributed by atoms with Gasteiger partial charge in [0.2, 0.25) is 5.89 Å². The lowest BCUT2D eigenvalue weighted by Crippen LogP contribution is -2.16. The van der Waals surface area contributed by atoms with Gasteiger partial charge in [-0.25, -0.2) is 4.98 Å². The number of oxazole rings is 1. The summed E-state index contributed by atoms with van der Waals surface area (Å²) in [6, 6.07) is 15.6. The topological polar surface area (TPSA) is 55.1 Å². The fourth-order valence-corrected chi connectivity index (χ4v) is 2.83. The van der Waals surface area contributed by atoms with Crippen molar-refractivity contribution in [3.05, 3.63) is 71.1 Å². The zero-order valence-corrected chi connectivity index (χ0v) is 15.0. The van der Waals surface area contributed by atoms with Gasteiger partial charge in [-0.2, -0.15) is 0 Å². The lowest BCUT2D eigenvalue weighted by atomic mass is 9.98. The third kappa shape index (κ3) is 3.48. The van der Waals surface area contributed by atoms with Gasteiger partial charge in [-0.15, -0.1) is 0 Å². The molecular formula is C21H22N2O2. The number of aryl methyl sites for hydroxylation is 2. The van der Waals surface area contributed by atoms with Crippen molar-refractivity contribution < 1.29 is 9.21 Å². The van der Waals surface area contributed by atoms with Crippen molar-refractivity contribution in [2.45, 2.75) is 33.6 Å². The Bertz CT molecular complexity index is 896. The molecule has 1 amide bonds. The molecular weight excluding hydrogens is 312 g/mol.